The van der Waals surface area contributed by atoms with Crippen LogP contribution in [0.2, 0.25) is 0 Å². The van der Waals surface area contributed by atoms with Crippen molar-refractivity contribution in [2.24, 2.45) is 0 Å². The lowest BCUT2D eigenvalue weighted by Crippen LogP contribution is -1.90. The highest BCUT2D eigenvalue weighted by molar-refractivity contribution is 7.99. The van der Waals surface area contributed by atoms with E-state index in [4.69, 9.17) is 4.74 Å². The fourth-order valence-corrected chi connectivity index (χ4v) is 2.49. The maximum Gasteiger partial charge on any atom is 0.154 e. The zero-order chi connectivity index (χ0) is 13.0. The van der Waals surface area contributed by atoms with Crippen LogP contribution >= 0.6 is 11.8 Å². The maximum atomic E-state index is 13.4. The van der Waals surface area contributed by atoms with Crippen LogP contribution in [0.3, 0.4) is 0 Å². The number of methoxy groups -OCH3 is 1. The minimum atomic E-state index is -0.502. The van der Waals surface area contributed by atoms with E-state index in [2.05, 4.69) is 0 Å². The van der Waals surface area contributed by atoms with Crippen LogP contribution in [0, 0.1) is 5.82 Å². The number of carbonyl (C=O) groups is 1. The molecule has 0 bridgehead atoms. The molecule has 18 heavy (non-hydrogen) atoms. The number of hydrogen-bond acceptors (Lipinski definition) is 3. The highest BCUT2D eigenvalue weighted by atomic mass is 32.2. The molecule has 0 saturated heterocycles. The van der Waals surface area contributed by atoms with Gasteiger partial charge in [0.15, 0.2) is 6.29 Å². The van der Waals surface area contributed by atoms with E-state index in [0.29, 0.717) is 11.2 Å². The Kier molecular flexibility index (Phi) is 3.99. The number of benzene rings is 2. The summed E-state index contributed by atoms with van der Waals surface area (Å²) in [7, 11) is 1.59. The SMILES string of the molecule is COc1cccc(Sc2cccc(F)c2C=O)c1. The Balaban J connectivity index is 2.33. The van der Waals surface area contributed by atoms with E-state index in [1.54, 1.807) is 19.2 Å². The molecule has 0 aliphatic rings. The van der Waals surface area contributed by atoms with Gasteiger partial charge in [0.25, 0.3) is 0 Å². The number of ether oxygens (including phenoxy) is 1. The molecule has 2 rings (SSSR count). The summed E-state index contributed by atoms with van der Waals surface area (Å²) in [6.45, 7) is 0. The van der Waals surface area contributed by atoms with Crippen LogP contribution in [0.1, 0.15) is 10.4 Å². The first kappa shape index (κ1) is 12.6. The molecule has 2 aromatic rings. The van der Waals surface area contributed by atoms with Gasteiger partial charge in [-0.3, -0.25) is 4.79 Å². The fraction of sp³-hybridized carbons (Fsp3) is 0.0714. The van der Waals surface area contributed by atoms with Gasteiger partial charge in [-0.1, -0.05) is 23.9 Å². The number of aldehydes is 1. The van der Waals surface area contributed by atoms with Gasteiger partial charge < -0.3 is 4.74 Å². The molecule has 0 aliphatic carbocycles. The average Bonchev–Trinajstić information content (AvgIpc) is 2.39. The molecule has 0 fully saturated rings. The summed E-state index contributed by atoms with van der Waals surface area (Å²) in [5, 5.41) is 0. The van der Waals surface area contributed by atoms with Crippen molar-refractivity contribution in [3.05, 3.63) is 53.8 Å². The van der Waals surface area contributed by atoms with Crippen molar-refractivity contribution in [1.29, 1.82) is 0 Å². The highest BCUT2D eigenvalue weighted by Crippen LogP contribution is 2.32. The number of hydrogen-bond donors (Lipinski definition) is 0. The Morgan fingerprint density at radius 3 is 2.72 bits per heavy atom. The van der Waals surface area contributed by atoms with E-state index in [1.807, 2.05) is 24.3 Å². The van der Waals surface area contributed by atoms with Crippen molar-refractivity contribution >= 4 is 18.0 Å². The zero-order valence-corrected chi connectivity index (χ0v) is 10.5. The molecule has 0 saturated carbocycles. The molecule has 0 heterocycles. The molecule has 0 N–H and O–H groups in total. The predicted molar refractivity (Wildman–Crippen MR) is 68.9 cm³/mol. The van der Waals surface area contributed by atoms with Crippen LogP contribution in [0.4, 0.5) is 4.39 Å². The van der Waals surface area contributed by atoms with E-state index in [1.165, 1.54) is 17.8 Å². The molecule has 2 aromatic carbocycles. The first-order valence-corrected chi connectivity index (χ1v) is 6.12. The number of halogens is 1. The molecule has 2 nitrogen and oxygen atoms in total. The monoisotopic (exact) mass is 262 g/mol. The summed E-state index contributed by atoms with van der Waals surface area (Å²) in [6.07, 6.45) is 0.540. The van der Waals surface area contributed by atoms with Crippen molar-refractivity contribution in [2.45, 2.75) is 9.79 Å². The third-order valence-electron chi connectivity index (χ3n) is 2.40. The van der Waals surface area contributed by atoms with Gasteiger partial charge in [0.2, 0.25) is 0 Å². The van der Waals surface area contributed by atoms with E-state index in [-0.39, 0.29) is 5.56 Å². The standard InChI is InChI=1S/C14H11FO2S/c1-17-10-4-2-5-11(8-10)18-14-7-3-6-13(15)12(14)9-16/h2-9H,1H3. The maximum absolute atomic E-state index is 13.4. The van der Waals surface area contributed by atoms with Gasteiger partial charge >= 0.3 is 0 Å². The lowest BCUT2D eigenvalue weighted by atomic mass is 10.2. The Morgan fingerprint density at radius 1 is 1.22 bits per heavy atom. The Bertz CT molecular complexity index is 569. The summed E-state index contributed by atoms with van der Waals surface area (Å²) in [6, 6.07) is 12.0. The van der Waals surface area contributed by atoms with Gasteiger partial charge in [-0.25, -0.2) is 4.39 Å². The second-order valence-corrected chi connectivity index (χ2v) is 4.67. The minimum absolute atomic E-state index is 0.0883. The van der Waals surface area contributed by atoms with Crippen LogP contribution in [-0.2, 0) is 0 Å². The van der Waals surface area contributed by atoms with E-state index >= 15 is 0 Å². The molecule has 0 atom stereocenters. The van der Waals surface area contributed by atoms with Gasteiger partial charge in [-0.2, -0.15) is 0 Å². The van der Waals surface area contributed by atoms with Crippen LogP contribution in [0.5, 0.6) is 5.75 Å². The van der Waals surface area contributed by atoms with Gasteiger partial charge in [-0.05, 0) is 30.3 Å². The van der Waals surface area contributed by atoms with Crippen molar-refractivity contribution < 1.29 is 13.9 Å². The molecule has 0 aromatic heterocycles. The summed E-state index contributed by atoms with van der Waals surface area (Å²) >= 11 is 1.33. The van der Waals surface area contributed by atoms with Crippen molar-refractivity contribution in [3.63, 3.8) is 0 Å². The largest absolute Gasteiger partial charge is 0.497 e. The van der Waals surface area contributed by atoms with Crippen LogP contribution in [0.25, 0.3) is 0 Å². The topological polar surface area (TPSA) is 26.3 Å². The van der Waals surface area contributed by atoms with Crippen LogP contribution in [0.15, 0.2) is 52.3 Å². The summed E-state index contributed by atoms with van der Waals surface area (Å²) < 4.78 is 18.5. The molecule has 0 unspecified atom stereocenters. The third-order valence-corrected chi connectivity index (χ3v) is 3.47. The number of rotatable bonds is 4. The Hall–Kier alpha value is -1.81. The zero-order valence-electron chi connectivity index (χ0n) is 9.72. The summed E-state index contributed by atoms with van der Waals surface area (Å²) in [4.78, 5) is 12.4. The first-order valence-electron chi connectivity index (χ1n) is 5.30. The second-order valence-electron chi connectivity index (χ2n) is 3.55. The number of carbonyl (C=O) groups excluding carboxylic acids is 1. The molecule has 0 radical (unpaired) electrons. The quantitative estimate of drug-likeness (QED) is 0.784. The highest BCUT2D eigenvalue weighted by Gasteiger charge is 2.09. The first-order chi connectivity index (χ1) is 8.74. The molecule has 92 valence electrons. The molecular weight excluding hydrogens is 251 g/mol. The van der Waals surface area contributed by atoms with Gasteiger partial charge in [0.1, 0.15) is 11.6 Å². The molecule has 4 heteroatoms. The minimum Gasteiger partial charge on any atom is -0.497 e. The van der Waals surface area contributed by atoms with E-state index in [9.17, 15) is 9.18 Å². The summed E-state index contributed by atoms with van der Waals surface area (Å²) in [5.74, 6) is 0.224. The molecule has 0 amide bonds. The average molecular weight is 262 g/mol. The predicted octanol–water partition coefficient (Wildman–Crippen LogP) is 3.80. The smallest absolute Gasteiger partial charge is 0.154 e. The Morgan fingerprint density at radius 2 is 2.00 bits per heavy atom. The van der Waals surface area contributed by atoms with Crippen molar-refractivity contribution in [3.8, 4) is 5.75 Å². The second kappa shape index (κ2) is 5.69. The molecular formula is C14H11FO2S. The van der Waals surface area contributed by atoms with Crippen LogP contribution < -0.4 is 4.74 Å². The Labute approximate surface area is 109 Å². The summed E-state index contributed by atoms with van der Waals surface area (Å²) in [5.41, 5.74) is 0.0883. The van der Waals surface area contributed by atoms with E-state index in [0.717, 1.165) is 10.6 Å². The lowest BCUT2D eigenvalue weighted by molar-refractivity contribution is 0.111. The normalized spacial score (nSPS) is 10.1. The van der Waals surface area contributed by atoms with Gasteiger partial charge in [0.05, 0.1) is 12.7 Å². The van der Waals surface area contributed by atoms with Crippen LogP contribution in [-0.4, -0.2) is 13.4 Å². The lowest BCUT2D eigenvalue weighted by Gasteiger charge is -2.06. The van der Waals surface area contributed by atoms with Gasteiger partial charge in [0, 0.05) is 9.79 Å². The van der Waals surface area contributed by atoms with Crippen molar-refractivity contribution in [2.75, 3.05) is 7.11 Å². The fourth-order valence-electron chi connectivity index (χ4n) is 1.51. The molecule has 0 aliphatic heterocycles. The van der Waals surface area contributed by atoms with Gasteiger partial charge in [-0.15, -0.1) is 0 Å². The third kappa shape index (κ3) is 2.71. The molecule has 0 spiro atoms. The van der Waals surface area contributed by atoms with E-state index < -0.39 is 5.82 Å². The van der Waals surface area contributed by atoms with Crippen molar-refractivity contribution in [1.82, 2.24) is 0 Å².